The molecule has 6 nitrogen and oxygen atoms in total. The van der Waals surface area contributed by atoms with Crippen LogP contribution >= 0.6 is 0 Å². The normalized spacial score (nSPS) is 12.9. The summed E-state index contributed by atoms with van der Waals surface area (Å²) < 4.78 is 0. The number of rotatable bonds is 3. The summed E-state index contributed by atoms with van der Waals surface area (Å²) in [7, 11) is 0. The highest BCUT2D eigenvalue weighted by Crippen LogP contribution is 2.20. The minimum atomic E-state index is -0.924. The van der Waals surface area contributed by atoms with Gasteiger partial charge in [-0.25, -0.2) is 9.97 Å². The van der Waals surface area contributed by atoms with Gasteiger partial charge in [-0.2, -0.15) is 0 Å². The van der Waals surface area contributed by atoms with Crippen LogP contribution in [0.15, 0.2) is 18.6 Å². The maximum atomic E-state index is 10.5. The van der Waals surface area contributed by atoms with Crippen LogP contribution in [0, 0.1) is 0 Å². The number of pyridine rings is 1. The van der Waals surface area contributed by atoms with E-state index in [9.17, 15) is 4.79 Å². The molecule has 0 aliphatic rings. The smallest absolute Gasteiger partial charge is 0.305 e. The molecule has 2 aromatic rings. The topological polar surface area (TPSA) is 105 Å². The number of nitrogens with one attached hydrogen (secondary N) is 1. The number of imidazole rings is 1. The van der Waals surface area contributed by atoms with E-state index in [1.807, 2.05) is 0 Å². The van der Waals surface area contributed by atoms with Crippen molar-refractivity contribution in [3.63, 3.8) is 0 Å². The Morgan fingerprint density at radius 3 is 3.13 bits per heavy atom. The lowest BCUT2D eigenvalue weighted by molar-refractivity contribution is -0.137. The predicted octanol–water partition coefficient (Wildman–Crippen LogP) is 0.432. The number of carboxylic acids is 1. The Labute approximate surface area is 85.2 Å². The standard InChI is InChI=1S/C9H10N4O2/c10-6(3-7(14)15)5-1-2-11-9-8(5)12-4-13-9/h1-2,4,6H,3,10H2,(H,14,15)(H,11,12,13). The van der Waals surface area contributed by atoms with Gasteiger partial charge in [0.25, 0.3) is 0 Å². The van der Waals surface area contributed by atoms with Crippen LogP contribution in [0.4, 0.5) is 0 Å². The molecular formula is C9H10N4O2. The lowest BCUT2D eigenvalue weighted by Crippen LogP contribution is -2.15. The summed E-state index contributed by atoms with van der Waals surface area (Å²) in [5.41, 5.74) is 7.74. The van der Waals surface area contributed by atoms with Crippen LogP contribution < -0.4 is 5.73 Å². The molecule has 1 atom stereocenters. The molecule has 2 rings (SSSR count). The molecule has 78 valence electrons. The third-order valence-corrected chi connectivity index (χ3v) is 2.15. The van der Waals surface area contributed by atoms with Gasteiger partial charge in [0, 0.05) is 12.2 Å². The van der Waals surface area contributed by atoms with Crippen LogP contribution in [-0.4, -0.2) is 26.0 Å². The molecule has 0 bridgehead atoms. The van der Waals surface area contributed by atoms with Crippen molar-refractivity contribution < 1.29 is 9.90 Å². The zero-order chi connectivity index (χ0) is 10.8. The van der Waals surface area contributed by atoms with Gasteiger partial charge in [0.2, 0.25) is 0 Å². The number of carbonyl (C=O) groups is 1. The molecule has 0 radical (unpaired) electrons. The molecule has 2 heterocycles. The quantitative estimate of drug-likeness (QED) is 0.675. The number of fused-ring (bicyclic) bond motifs is 1. The van der Waals surface area contributed by atoms with Gasteiger partial charge in [0.05, 0.1) is 18.3 Å². The minimum absolute atomic E-state index is 0.113. The van der Waals surface area contributed by atoms with Crippen molar-refractivity contribution in [2.45, 2.75) is 12.5 Å². The van der Waals surface area contributed by atoms with E-state index >= 15 is 0 Å². The highest BCUT2D eigenvalue weighted by atomic mass is 16.4. The summed E-state index contributed by atoms with van der Waals surface area (Å²) in [4.78, 5) is 21.4. The van der Waals surface area contributed by atoms with Crippen molar-refractivity contribution in [1.82, 2.24) is 15.0 Å². The summed E-state index contributed by atoms with van der Waals surface area (Å²) in [5, 5.41) is 8.65. The molecule has 0 saturated heterocycles. The summed E-state index contributed by atoms with van der Waals surface area (Å²) in [6, 6.07) is 1.15. The number of hydrogen-bond acceptors (Lipinski definition) is 4. The molecule has 6 heteroatoms. The number of aromatic amines is 1. The number of aromatic nitrogens is 3. The molecule has 1 unspecified atom stereocenters. The zero-order valence-corrected chi connectivity index (χ0v) is 7.84. The molecule has 4 N–H and O–H groups in total. The third kappa shape index (κ3) is 1.79. The number of hydrogen-bond donors (Lipinski definition) is 3. The number of aliphatic carboxylic acids is 1. The van der Waals surface area contributed by atoms with Gasteiger partial charge in [-0.15, -0.1) is 0 Å². The second kappa shape index (κ2) is 3.66. The van der Waals surface area contributed by atoms with E-state index in [0.29, 0.717) is 11.2 Å². The van der Waals surface area contributed by atoms with Gasteiger partial charge in [-0.1, -0.05) is 0 Å². The van der Waals surface area contributed by atoms with Crippen LogP contribution in [0.5, 0.6) is 0 Å². The summed E-state index contributed by atoms with van der Waals surface area (Å²) >= 11 is 0. The molecule has 15 heavy (non-hydrogen) atoms. The first-order chi connectivity index (χ1) is 7.18. The summed E-state index contributed by atoms with van der Waals surface area (Å²) in [6.45, 7) is 0. The largest absolute Gasteiger partial charge is 0.481 e. The minimum Gasteiger partial charge on any atom is -0.481 e. The number of carboxylic acid groups (broad SMARTS) is 1. The van der Waals surface area contributed by atoms with Gasteiger partial charge in [-0.05, 0) is 11.6 Å². The lowest BCUT2D eigenvalue weighted by atomic mass is 10.1. The average Bonchev–Trinajstić information content (AvgIpc) is 2.63. The van der Waals surface area contributed by atoms with Gasteiger partial charge in [-0.3, -0.25) is 4.79 Å². The predicted molar refractivity (Wildman–Crippen MR) is 53.1 cm³/mol. The molecule has 0 saturated carbocycles. The van der Waals surface area contributed by atoms with Crippen molar-refractivity contribution in [2.75, 3.05) is 0 Å². The van der Waals surface area contributed by atoms with Crippen LogP contribution in [0.3, 0.4) is 0 Å². The van der Waals surface area contributed by atoms with Crippen molar-refractivity contribution in [3.8, 4) is 0 Å². The average molecular weight is 206 g/mol. The molecular weight excluding hydrogens is 196 g/mol. The van der Waals surface area contributed by atoms with E-state index in [-0.39, 0.29) is 6.42 Å². The summed E-state index contributed by atoms with van der Waals surface area (Å²) in [5.74, 6) is -0.924. The number of nitrogens with two attached hydrogens (primary N) is 1. The second-order valence-electron chi connectivity index (χ2n) is 3.21. The van der Waals surface area contributed by atoms with Gasteiger partial charge < -0.3 is 15.8 Å². The van der Waals surface area contributed by atoms with Crippen LogP contribution in [0.25, 0.3) is 11.2 Å². The first-order valence-corrected chi connectivity index (χ1v) is 4.44. The fourth-order valence-electron chi connectivity index (χ4n) is 1.48. The molecule has 0 aromatic carbocycles. The SMILES string of the molecule is NC(CC(=O)O)c1ccnc2nc[nH]c12. The van der Waals surface area contributed by atoms with Crippen LogP contribution in [-0.2, 0) is 4.79 Å². The van der Waals surface area contributed by atoms with Gasteiger partial charge in [0.15, 0.2) is 5.65 Å². The highest BCUT2D eigenvalue weighted by Gasteiger charge is 2.14. The third-order valence-electron chi connectivity index (χ3n) is 2.15. The van der Waals surface area contributed by atoms with Crippen molar-refractivity contribution in [2.24, 2.45) is 5.73 Å². The van der Waals surface area contributed by atoms with E-state index in [2.05, 4.69) is 15.0 Å². The Bertz CT molecular complexity index is 494. The molecule has 0 aliphatic carbocycles. The Hall–Kier alpha value is -1.95. The maximum Gasteiger partial charge on any atom is 0.305 e. The Morgan fingerprint density at radius 1 is 1.60 bits per heavy atom. The Kier molecular flexibility index (Phi) is 2.34. The van der Waals surface area contributed by atoms with Crippen LogP contribution in [0.1, 0.15) is 18.0 Å². The van der Waals surface area contributed by atoms with Crippen molar-refractivity contribution in [1.29, 1.82) is 0 Å². The molecule has 2 aromatic heterocycles. The lowest BCUT2D eigenvalue weighted by Gasteiger charge is -2.09. The van der Waals surface area contributed by atoms with Gasteiger partial charge >= 0.3 is 5.97 Å². The van der Waals surface area contributed by atoms with E-state index in [1.165, 1.54) is 6.33 Å². The van der Waals surface area contributed by atoms with E-state index in [4.69, 9.17) is 10.8 Å². The van der Waals surface area contributed by atoms with E-state index in [1.54, 1.807) is 12.3 Å². The maximum absolute atomic E-state index is 10.5. The molecule has 0 spiro atoms. The van der Waals surface area contributed by atoms with Gasteiger partial charge in [0.1, 0.15) is 0 Å². The fourth-order valence-corrected chi connectivity index (χ4v) is 1.48. The fraction of sp³-hybridized carbons (Fsp3) is 0.222. The molecule has 0 aliphatic heterocycles. The highest BCUT2D eigenvalue weighted by molar-refractivity contribution is 5.76. The number of H-pyrrole nitrogens is 1. The first-order valence-electron chi connectivity index (χ1n) is 4.44. The number of nitrogens with zero attached hydrogens (tertiary/aromatic N) is 2. The van der Waals surface area contributed by atoms with E-state index < -0.39 is 12.0 Å². The van der Waals surface area contributed by atoms with Crippen molar-refractivity contribution in [3.05, 3.63) is 24.2 Å². The zero-order valence-electron chi connectivity index (χ0n) is 7.84. The Balaban J connectivity index is 2.42. The van der Waals surface area contributed by atoms with Crippen LogP contribution in [0.2, 0.25) is 0 Å². The monoisotopic (exact) mass is 206 g/mol. The summed E-state index contributed by atoms with van der Waals surface area (Å²) in [6.07, 6.45) is 2.97. The first kappa shape index (κ1) is 9.60. The van der Waals surface area contributed by atoms with E-state index in [0.717, 1.165) is 5.56 Å². The molecule has 0 fully saturated rings. The molecule has 0 amide bonds. The second-order valence-corrected chi connectivity index (χ2v) is 3.21. The van der Waals surface area contributed by atoms with Crippen molar-refractivity contribution >= 4 is 17.1 Å². The Morgan fingerprint density at radius 2 is 2.40 bits per heavy atom.